The molecule has 0 radical (unpaired) electrons. The van der Waals surface area contributed by atoms with Crippen molar-refractivity contribution in [2.75, 3.05) is 12.4 Å². The molecule has 6 heteroatoms. The van der Waals surface area contributed by atoms with E-state index in [0.29, 0.717) is 32.8 Å². The third-order valence-corrected chi connectivity index (χ3v) is 4.28. The van der Waals surface area contributed by atoms with Crippen LogP contribution in [0.1, 0.15) is 16.1 Å². The molecule has 0 unspecified atom stereocenters. The van der Waals surface area contributed by atoms with Crippen LogP contribution in [0, 0.1) is 6.92 Å². The van der Waals surface area contributed by atoms with Gasteiger partial charge in [-0.05, 0) is 48.9 Å². The highest BCUT2D eigenvalue weighted by Gasteiger charge is 2.17. The summed E-state index contributed by atoms with van der Waals surface area (Å²) in [6.45, 7) is 1.89. The summed E-state index contributed by atoms with van der Waals surface area (Å²) < 4.78 is 10.9. The quantitative estimate of drug-likeness (QED) is 0.624. The second kappa shape index (κ2) is 7.21. The normalized spacial score (nSPS) is 10.6. The van der Waals surface area contributed by atoms with Crippen LogP contribution in [0.3, 0.4) is 0 Å². The van der Waals surface area contributed by atoms with Crippen LogP contribution in [0.4, 0.5) is 5.69 Å². The van der Waals surface area contributed by atoms with Gasteiger partial charge in [0, 0.05) is 10.6 Å². The van der Waals surface area contributed by atoms with E-state index in [0.717, 1.165) is 5.56 Å². The minimum atomic E-state index is -0.378. The predicted molar refractivity (Wildman–Crippen MR) is 99.8 cm³/mol. The second-order valence-corrected chi connectivity index (χ2v) is 6.24. The van der Waals surface area contributed by atoms with E-state index in [1.165, 1.54) is 0 Å². The molecule has 0 aliphatic heterocycles. The number of hydrogen-bond donors (Lipinski definition) is 1. The molecule has 3 aromatic rings. The van der Waals surface area contributed by atoms with Gasteiger partial charge in [-0.1, -0.05) is 35.3 Å². The molecular weight excluding hydrogens is 361 g/mol. The average molecular weight is 376 g/mol. The van der Waals surface area contributed by atoms with E-state index in [2.05, 4.69) is 5.32 Å². The van der Waals surface area contributed by atoms with E-state index in [-0.39, 0.29) is 11.7 Å². The van der Waals surface area contributed by atoms with Crippen molar-refractivity contribution in [1.82, 2.24) is 0 Å². The highest BCUT2D eigenvalue weighted by Crippen LogP contribution is 2.33. The van der Waals surface area contributed by atoms with Crippen molar-refractivity contribution in [3.8, 4) is 17.1 Å². The van der Waals surface area contributed by atoms with Crippen LogP contribution in [-0.4, -0.2) is 13.0 Å². The van der Waals surface area contributed by atoms with Gasteiger partial charge in [0.05, 0.1) is 17.8 Å². The van der Waals surface area contributed by atoms with Crippen LogP contribution in [0.15, 0.2) is 52.9 Å². The summed E-state index contributed by atoms with van der Waals surface area (Å²) in [5.74, 6) is 0.834. The number of para-hydroxylation sites is 1. The monoisotopic (exact) mass is 375 g/mol. The van der Waals surface area contributed by atoms with Crippen molar-refractivity contribution >= 4 is 34.8 Å². The zero-order chi connectivity index (χ0) is 18.0. The molecule has 1 N–H and O–H groups in total. The zero-order valence-electron chi connectivity index (χ0n) is 13.6. The Morgan fingerprint density at radius 2 is 1.92 bits per heavy atom. The van der Waals surface area contributed by atoms with E-state index in [1.807, 2.05) is 19.1 Å². The molecule has 3 rings (SSSR count). The van der Waals surface area contributed by atoms with Gasteiger partial charge in [-0.3, -0.25) is 4.79 Å². The maximum absolute atomic E-state index is 12.5. The predicted octanol–water partition coefficient (Wildman–Crippen LogP) is 5.82. The summed E-state index contributed by atoms with van der Waals surface area (Å²) in [5, 5.41) is 3.85. The fraction of sp³-hybridized carbons (Fsp3) is 0.105. The molecule has 0 aliphatic carbocycles. The Labute approximate surface area is 155 Å². The molecule has 0 fully saturated rings. The molecule has 1 heterocycles. The molecule has 4 nitrogen and oxygen atoms in total. The molecule has 1 aromatic heterocycles. The van der Waals surface area contributed by atoms with Crippen LogP contribution in [0.2, 0.25) is 10.0 Å². The first-order valence-corrected chi connectivity index (χ1v) is 8.25. The van der Waals surface area contributed by atoms with Gasteiger partial charge in [-0.2, -0.15) is 0 Å². The summed E-state index contributed by atoms with van der Waals surface area (Å²) in [5.41, 5.74) is 2.12. The molecule has 2 aromatic carbocycles. The zero-order valence-corrected chi connectivity index (χ0v) is 15.1. The Morgan fingerprint density at radius 3 is 2.68 bits per heavy atom. The average Bonchev–Trinajstić information content (AvgIpc) is 3.08. The lowest BCUT2D eigenvalue weighted by molar-refractivity contribution is 0.0997. The van der Waals surface area contributed by atoms with E-state index >= 15 is 0 Å². The number of aryl methyl sites for hydroxylation is 1. The van der Waals surface area contributed by atoms with E-state index < -0.39 is 0 Å². The van der Waals surface area contributed by atoms with Crippen molar-refractivity contribution in [2.45, 2.75) is 6.92 Å². The molecule has 0 spiro atoms. The number of anilines is 1. The Balaban J connectivity index is 1.88. The van der Waals surface area contributed by atoms with Crippen LogP contribution < -0.4 is 10.1 Å². The summed E-state index contributed by atoms with van der Waals surface area (Å²) in [6, 6.07) is 13.9. The molecule has 0 bridgehead atoms. The lowest BCUT2D eigenvalue weighted by Crippen LogP contribution is -2.12. The van der Waals surface area contributed by atoms with Gasteiger partial charge in [0.25, 0.3) is 5.91 Å². The van der Waals surface area contributed by atoms with Crippen molar-refractivity contribution in [1.29, 1.82) is 0 Å². The minimum Gasteiger partial charge on any atom is -0.495 e. The van der Waals surface area contributed by atoms with Crippen LogP contribution in [0.5, 0.6) is 5.75 Å². The number of methoxy groups -OCH3 is 1. The highest BCUT2D eigenvalue weighted by atomic mass is 35.5. The Bertz CT molecular complexity index is 934. The maximum Gasteiger partial charge on any atom is 0.291 e. The largest absolute Gasteiger partial charge is 0.495 e. The van der Waals surface area contributed by atoms with E-state index in [1.54, 1.807) is 43.5 Å². The van der Waals surface area contributed by atoms with Gasteiger partial charge in [0.15, 0.2) is 5.76 Å². The summed E-state index contributed by atoms with van der Waals surface area (Å²) in [7, 11) is 1.55. The molecule has 0 aliphatic rings. The van der Waals surface area contributed by atoms with Crippen LogP contribution >= 0.6 is 23.2 Å². The first kappa shape index (κ1) is 17.4. The van der Waals surface area contributed by atoms with Crippen molar-refractivity contribution in [2.24, 2.45) is 0 Å². The van der Waals surface area contributed by atoms with Crippen LogP contribution in [0.25, 0.3) is 11.3 Å². The number of ether oxygens (including phenoxy) is 1. The van der Waals surface area contributed by atoms with Gasteiger partial charge >= 0.3 is 0 Å². The lowest BCUT2D eigenvalue weighted by atomic mass is 10.2. The van der Waals surface area contributed by atoms with Gasteiger partial charge < -0.3 is 14.5 Å². The van der Waals surface area contributed by atoms with E-state index in [9.17, 15) is 4.79 Å². The molecular formula is C19H15Cl2NO3. The summed E-state index contributed by atoms with van der Waals surface area (Å²) in [4.78, 5) is 12.5. The number of halogens is 2. The maximum atomic E-state index is 12.5. The third kappa shape index (κ3) is 3.65. The number of amides is 1. The SMILES string of the molecule is COc1cccc(C)c1NC(=O)c1ccc(-c2cc(Cl)ccc2Cl)o1. The number of furan rings is 1. The third-order valence-electron chi connectivity index (χ3n) is 3.72. The van der Waals surface area contributed by atoms with Crippen LogP contribution in [-0.2, 0) is 0 Å². The van der Waals surface area contributed by atoms with Gasteiger partial charge in [-0.25, -0.2) is 0 Å². The van der Waals surface area contributed by atoms with Crippen molar-refractivity contribution in [3.63, 3.8) is 0 Å². The number of benzene rings is 2. The number of nitrogens with one attached hydrogen (secondary N) is 1. The fourth-order valence-electron chi connectivity index (χ4n) is 2.44. The molecule has 25 heavy (non-hydrogen) atoms. The fourth-order valence-corrected chi connectivity index (χ4v) is 2.82. The topological polar surface area (TPSA) is 51.5 Å². The Kier molecular flexibility index (Phi) is 5.02. The molecule has 0 saturated heterocycles. The van der Waals surface area contributed by atoms with Gasteiger partial charge in [0.2, 0.25) is 0 Å². The smallest absolute Gasteiger partial charge is 0.291 e. The van der Waals surface area contributed by atoms with Gasteiger partial charge in [-0.15, -0.1) is 0 Å². The molecule has 0 saturated carbocycles. The van der Waals surface area contributed by atoms with Gasteiger partial charge in [0.1, 0.15) is 11.5 Å². The summed E-state index contributed by atoms with van der Waals surface area (Å²) in [6.07, 6.45) is 0. The second-order valence-electron chi connectivity index (χ2n) is 5.39. The number of carbonyl (C=O) groups is 1. The molecule has 1 amide bonds. The first-order valence-electron chi connectivity index (χ1n) is 7.50. The molecule has 128 valence electrons. The highest BCUT2D eigenvalue weighted by molar-refractivity contribution is 6.35. The number of hydrogen-bond acceptors (Lipinski definition) is 3. The Hall–Kier alpha value is -2.43. The number of rotatable bonds is 4. The minimum absolute atomic E-state index is 0.163. The molecule has 0 atom stereocenters. The Morgan fingerprint density at radius 1 is 1.12 bits per heavy atom. The summed E-state index contributed by atoms with van der Waals surface area (Å²) >= 11 is 12.2. The number of carbonyl (C=O) groups excluding carboxylic acids is 1. The lowest BCUT2D eigenvalue weighted by Gasteiger charge is -2.11. The van der Waals surface area contributed by atoms with Crippen molar-refractivity contribution < 1.29 is 13.9 Å². The van der Waals surface area contributed by atoms with Crippen molar-refractivity contribution in [3.05, 3.63) is 69.9 Å². The van der Waals surface area contributed by atoms with E-state index in [4.69, 9.17) is 32.4 Å². The first-order chi connectivity index (χ1) is 12.0. The standard InChI is InChI=1S/C19H15Cl2NO3/c1-11-4-3-5-16(24-2)18(11)22-19(23)17-9-8-15(25-17)13-10-12(20)6-7-14(13)21/h3-10H,1-2H3,(H,22,23).